The lowest BCUT2D eigenvalue weighted by Crippen LogP contribution is -2.13. The summed E-state index contributed by atoms with van der Waals surface area (Å²) in [6.07, 6.45) is -4.26. The normalized spacial score (nSPS) is 11.4. The second kappa shape index (κ2) is 7.10. The fourth-order valence-electron chi connectivity index (χ4n) is 1.35. The van der Waals surface area contributed by atoms with Gasteiger partial charge in [-0.25, -0.2) is 0 Å². The standard InChI is InChI=1S/C12H13F3O4/c13-12(14,15)10-7-9(8-17)1-2-11(10)19-6-5-18-4-3-16/h1-2,7-8,16H,3-6H2. The van der Waals surface area contributed by atoms with Gasteiger partial charge in [0.15, 0.2) is 0 Å². The molecule has 0 bridgehead atoms. The van der Waals surface area contributed by atoms with Gasteiger partial charge in [-0.05, 0) is 18.2 Å². The maximum absolute atomic E-state index is 12.7. The van der Waals surface area contributed by atoms with Crippen molar-refractivity contribution >= 4 is 6.29 Å². The minimum atomic E-state index is -4.60. The van der Waals surface area contributed by atoms with E-state index in [0.717, 1.165) is 12.1 Å². The van der Waals surface area contributed by atoms with Crippen LogP contribution in [0.25, 0.3) is 0 Å². The second-order valence-electron chi connectivity index (χ2n) is 3.56. The average molecular weight is 278 g/mol. The van der Waals surface area contributed by atoms with E-state index in [4.69, 9.17) is 14.6 Å². The van der Waals surface area contributed by atoms with Crippen molar-refractivity contribution in [3.63, 3.8) is 0 Å². The molecule has 0 spiro atoms. The summed E-state index contributed by atoms with van der Waals surface area (Å²) in [7, 11) is 0. The van der Waals surface area contributed by atoms with Gasteiger partial charge in [0, 0.05) is 5.56 Å². The Bertz CT molecular complexity index is 418. The molecule has 0 radical (unpaired) electrons. The first-order valence-electron chi connectivity index (χ1n) is 5.47. The molecule has 0 fully saturated rings. The van der Waals surface area contributed by atoms with Crippen LogP contribution in [0.15, 0.2) is 18.2 Å². The van der Waals surface area contributed by atoms with Crippen molar-refractivity contribution in [2.75, 3.05) is 26.4 Å². The molecule has 1 aromatic rings. The molecule has 0 heterocycles. The Morgan fingerprint density at radius 2 is 1.95 bits per heavy atom. The van der Waals surface area contributed by atoms with Crippen LogP contribution >= 0.6 is 0 Å². The van der Waals surface area contributed by atoms with E-state index in [0.29, 0.717) is 6.29 Å². The Morgan fingerprint density at radius 1 is 1.21 bits per heavy atom. The molecule has 0 saturated heterocycles. The Labute approximate surface area is 107 Å². The molecule has 0 amide bonds. The molecule has 1 rings (SSSR count). The summed E-state index contributed by atoms with van der Waals surface area (Å²) in [6, 6.07) is 3.07. The number of hydrogen-bond acceptors (Lipinski definition) is 4. The monoisotopic (exact) mass is 278 g/mol. The summed E-state index contributed by atoms with van der Waals surface area (Å²) < 4.78 is 48.0. The summed E-state index contributed by atoms with van der Waals surface area (Å²) in [5.41, 5.74) is -1.07. The van der Waals surface area contributed by atoms with Gasteiger partial charge in [-0.1, -0.05) is 0 Å². The number of aliphatic hydroxyl groups is 1. The molecular weight excluding hydrogens is 265 g/mol. The van der Waals surface area contributed by atoms with Gasteiger partial charge >= 0.3 is 6.18 Å². The van der Waals surface area contributed by atoms with Gasteiger partial charge in [0.2, 0.25) is 0 Å². The summed E-state index contributed by atoms with van der Waals surface area (Å²) >= 11 is 0. The van der Waals surface area contributed by atoms with Crippen molar-refractivity contribution in [1.29, 1.82) is 0 Å². The van der Waals surface area contributed by atoms with Crippen LogP contribution in [-0.4, -0.2) is 37.8 Å². The Kier molecular flexibility index (Phi) is 5.78. The highest BCUT2D eigenvalue weighted by molar-refractivity contribution is 5.75. The van der Waals surface area contributed by atoms with Gasteiger partial charge in [-0.2, -0.15) is 13.2 Å². The third-order valence-corrected chi connectivity index (χ3v) is 2.17. The lowest BCUT2D eigenvalue weighted by atomic mass is 10.1. The van der Waals surface area contributed by atoms with Crippen LogP contribution in [0.2, 0.25) is 0 Å². The zero-order chi connectivity index (χ0) is 14.3. The quantitative estimate of drug-likeness (QED) is 0.611. The van der Waals surface area contributed by atoms with E-state index < -0.39 is 11.7 Å². The fourth-order valence-corrected chi connectivity index (χ4v) is 1.35. The first-order valence-corrected chi connectivity index (χ1v) is 5.47. The van der Waals surface area contributed by atoms with Crippen LogP contribution in [-0.2, 0) is 10.9 Å². The van der Waals surface area contributed by atoms with Crippen molar-refractivity contribution in [3.8, 4) is 5.75 Å². The SMILES string of the molecule is O=Cc1ccc(OCCOCCO)c(C(F)(F)F)c1. The minimum Gasteiger partial charge on any atom is -0.491 e. The van der Waals surface area contributed by atoms with Gasteiger partial charge in [0.1, 0.15) is 18.6 Å². The highest BCUT2D eigenvalue weighted by Crippen LogP contribution is 2.36. The highest BCUT2D eigenvalue weighted by Gasteiger charge is 2.34. The summed E-state index contributed by atoms with van der Waals surface area (Å²) in [5.74, 6) is -0.356. The van der Waals surface area contributed by atoms with Gasteiger partial charge in [-0.3, -0.25) is 4.79 Å². The molecule has 0 aliphatic carbocycles. The number of aliphatic hydroxyl groups excluding tert-OH is 1. The van der Waals surface area contributed by atoms with Gasteiger partial charge in [0.25, 0.3) is 0 Å². The van der Waals surface area contributed by atoms with E-state index in [-0.39, 0.29) is 37.7 Å². The smallest absolute Gasteiger partial charge is 0.419 e. The summed E-state index contributed by atoms with van der Waals surface area (Å²) in [4.78, 5) is 10.5. The Morgan fingerprint density at radius 3 is 2.53 bits per heavy atom. The largest absolute Gasteiger partial charge is 0.491 e. The van der Waals surface area contributed by atoms with Gasteiger partial charge in [0.05, 0.1) is 25.4 Å². The number of alkyl halides is 3. The number of carbonyl (C=O) groups excluding carboxylic acids is 1. The molecule has 0 atom stereocenters. The average Bonchev–Trinajstić information content (AvgIpc) is 2.37. The Hall–Kier alpha value is -1.60. The van der Waals surface area contributed by atoms with E-state index in [1.54, 1.807) is 0 Å². The number of hydrogen-bond donors (Lipinski definition) is 1. The highest BCUT2D eigenvalue weighted by atomic mass is 19.4. The first kappa shape index (κ1) is 15.5. The van der Waals surface area contributed by atoms with E-state index in [9.17, 15) is 18.0 Å². The zero-order valence-corrected chi connectivity index (χ0v) is 9.94. The van der Waals surface area contributed by atoms with Crippen LogP contribution in [0.5, 0.6) is 5.75 Å². The van der Waals surface area contributed by atoms with E-state index >= 15 is 0 Å². The summed E-state index contributed by atoms with van der Waals surface area (Å²) in [5, 5.41) is 8.44. The minimum absolute atomic E-state index is 0.0628. The van der Waals surface area contributed by atoms with Crippen LogP contribution < -0.4 is 4.74 Å². The number of benzene rings is 1. The maximum atomic E-state index is 12.7. The molecule has 0 aromatic heterocycles. The van der Waals surface area contributed by atoms with Crippen LogP contribution in [0.1, 0.15) is 15.9 Å². The van der Waals surface area contributed by atoms with Crippen LogP contribution in [0.3, 0.4) is 0 Å². The fraction of sp³-hybridized carbons (Fsp3) is 0.417. The van der Waals surface area contributed by atoms with Crippen molar-refractivity contribution in [2.45, 2.75) is 6.18 Å². The predicted molar refractivity (Wildman–Crippen MR) is 60.2 cm³/mol. The van der Waals surface area contributed by atoms with Crippen molar-refractivity contribution in [1.82, 2.24) is 0 Å². The molecule has 0 unspecified atom stereocenters. The van der Waals surface area contributed by atoms with E-state index in [1.807, 2.05) is 0 Å². The van der Waals surface area contributed by atoms with Crippen LogP contribution in [0, 0.1) is 0 Å². The number of aldehydes is 1. The maximum Gasteiger partial charge on any atom is 0.419 e. The van der Waals surface area contributed by atoms with E-state index in [1.165, 1.54) is 6.07 Å². The predicted octanol–water partition coefficient (Wildman–Crippen LogP) is 1.91. The topological polar surface area (TPSA) is 55.8 Å². The molecule has 7 heteroatoms. The molecule has 106 valence electrons. The molecule has 4 nitrogen and oxygen atoms in total. The van der Waals surface area contributed by atoms with Crippen LogP contribution in [0.4, 0.5) is 13.2 Å². The van der Waals surface area contributed by atoms with E-state index in [2.05, 4.69) is 0 Å². The molecular formula is C12H13F3O4. The van der Waals surface area contributed by atoms with Gasteiger partial charge in [-0.15, -0.1) is 0 Å². The summed E-state index contributed by atoms with van der Waals surface area (Å²) in [6.45, 7) is -0.0851. The zero-order valence-electron chi connectivity index (χ0n) is 9.94. The third-order valence-electron chi connectivity index (χ3n) is 2.17. The second-order valence-corrected chi connectivity index (χ2v) is 3.56. The molecule has 1 aromatic carbocycles. The molecule has 0 saturated carbocycles. The van der Waals surface area contributed by atoms with Gasteiger partial charge < -0.3 is 14.6 Å². The third kappa shape index (κ3) is 4.88. The number of ether oxygens (including phenoxy) is 2. The number of carbonyl (C=O) groups is 1. The molecule has 0 aliphatic heterocycles. The number of rotatable bonds is 7. The van der Waals surface area contributed by atoms with Crippen molar-refractivity contribution < 1.29 is 32.5 Å². The molecule has 1 N–H and O–H groups in total. The lowest BCUT2D eigenvalue weighted by molar-refractivity contribution is -0.139. The number of halogens is 3. The Balaban J connectivity index is 2.74. The molecule has 19 heavy (non-hydrogen) atoms. The molecule has 0 aliphatic rings. The van der Waals surface area contributed by atoms with Crippen molar-refractivity contribution in [3.05, 3.63) is 29.3 Å². The van der Waals surface area contributed by atoms with Crippen molar-refractivity contribution in [2.24, 2.45) is 0 Å². The lowest BCUT2D eigenvalue weighted by Gasteiger charge is -2.14. The first-order chi connectivity index (χ1) is 8.99.